The van der Waals surface area contributed by atoms with Crippen LogP contribution in [0.1, 0.15) is 25.8 Å². The highest BCUT2D eigenvalue weighted by Gasteiger charge is 2.34. The van der Waals surface area contributed by atoms with Gasteiger partial charge in [0, 0.05) is 6.54 Å². The van der Waals surface area contributed by atoms with Crippen LogP contribution in [0.3, 0.4) is 0 Å². The van der Waals surface area contributed by atoms with E-state index in [0.29, 0.717) is 29.4 Å². The topological polar surface area (TPSA) is 96.3 Å². The van der Waals surface area contributed by atoms with Crippen LogP contribution in [0.25, 0.3) is 0 Å². The predicted molar refractivity (Wildman–Crippen MR) is 78.2 cm³/mol. The third kappa shape index (κ3) is 3.14. The highest BCUT2D eigenvalue weighted by atomic mass is 16.5. The van der Waals surface area contributed by atoms with E-state index >= 15 is 0 Å². The summed E-state index contributed by atoms with van der Waals surface area (Å²) in [7, 11) is 0. The number of aliphatic carboxylic acids is 1. The fraction of sp³-hybridized carbons (Fsp3) is 0.467. The molecule has 0 aromatic heterocycles. The fourth-order valence-corrected chi connectivity index (χ4v) is 2.32. The molecule has 1 aliphatic rings. The van der Waals surface area contributed by atoms with Crippen molar-refractivity contribution in [1.29, 1.82) is 0 Å². The zero-order valence-corrected chi connectivity index (χ0v) is 12.5. The molecule has 0 saturated heterocycles. The summed E-state index contributed by atoms with van der Waals surface area (Å²) in [6, 6.07) is 3.27. The minimum atomic E-state index is -0.989. The van der Waals surface area contributed by atoms with Crippen LogP contribution in [0, 0.1) is 0 Å². The molecule has 1 aromatic carbocycles. The second-order valence-electron chi connectivity index (χ2n) is 4.93. The van der Waals surface area contributed by atoms with Gasteiger partial charge in [-0.25, -0.2) is 0 Å². The van der Waals surface area contributed by atoms with Crippen molar-refractivity contribution in [3.63, 3.8) is 0 Å². The zero-order valence-electron chi connectivity index (χ0n) is 12.5. The molecule has 120 valence electrons. The fourth-order valence-electron chi connectivity index (χ4n) is 2.32. The summed E-state index contributed by atoms with van der Waals surface area (Å²) >= 11 is 0. The number of benzene rings is 1. The Labute approximate surface area is 128 Å². The molecule has 1 aliphatic heterocycles. The quantitative estimate of drug-likeness (QED) is 0.819. The molecule has 1 heterocycles. The maximum atomic E-state index is 12.3. The van der Waals surface area contributed by atoms with Gasteiger partial charge in [0.25, 0.3) is 5.91 Å². The first-order valence-electron chi connectivity index (χ1n) is 7.08. The highest BCUT2D eigenvalue weighted by molar-refractivity contribution is 6.00. The molecular formula is C15H19NO6. The molecule has 22 heavy (non-hydrogen) atoms. The zero-order chi connectivity index (χ0) is 16.3. The van der Waals surface area contributed by atoms with Crippen LogP contribution in [0.2, 0.25) is 0 Å². The van der Waals surface area contributed by atoms with Crippen LogP contribution in [-0.4, -0.2) is 41.3 Å². The Kier molecular flexibility index (Phi) is 4.87. The van der Waals surface area contributed by atoms with E-state index in [1.54, 1.807) is 19.1 Å². The van der Waals surface area contributed by atoms with Gasteiger partial charge in [-0.2, -0.15) is 0 Å². The van der Waals surface area contributed by atoms with E-state index in [-0.39, 0.29) is 25.5 Å². The Bertz CT molecular complexity index is 586. The lowest BCUT2D eigenvalue weighted by Gasteiger charge is -2.34. The molecule has 0 fully saturated rings. The minimum Gasteiger partial charge on any atom is -0.490 e. The minimum absolute atomic E-state index is 0.0370. The largest absolute Gasteiger partial charge is 0.490 e. The molecule has 1 atom stereocenters. The van der Waals surface area contributed by atoms with Gasteiger partial charge in [0.15, 0.2) is 17.6 Å². The maximum Gasteiger partial charge on any atom is 0.305 e. The second-order valence-corrected chi connectivity index (χ2v) is 4.93. The Morgan fingerprint density at radius 2 is 2.18 bits per heavy atom. The molecule has 2 N–H and O–H groups in total. The average Bonchev–Trinajstić information content (AvgIpc) is 2.48. The second kappa shape index (κ2) is 6.65. The van der Waals surface area contributed by atoms with Crippen LogP contribution in [-0.2, 0) is 16.2 Å². The number of anilines is 1. The third-order valence-corrected chi connectivity index (χ3v) is 3.33. The molecule has 2 rings (SSSR count). The first-order valence-corrected chi connectivity index (χ1v) is 7.08. The number of rotatable bonds is 6. The lowest BCUT2D eigenvalue weighted by atomic mass is 10.1. The molecule has 0 spiro atoms. The number of hydrogen-bond donors (Lipinski definition) is 2. The third-order valence-electron chi connectivity index (χ3n) is 3.33. The van der Waals surface area contributed by atoms with Gasteiger partial charge in [-0.15, -0.1) is 0 Å². The first-order chi connectivity index (χ1) is 10.5. The molecular weight excluding hydrogens is 290 g/mol. The van der Waals surface area contributed by atoms with E-state index in [2.05, 4.69) is 0 Å². The number of aliphatic hydroxyl groups is 1. The van der Waals surface area contributed by atoms with Crippen molar-refractivity contribution >= 4 is 17.6 Å². The van der Waals surface area contributed by atoms with Gasteiger partial charge < -0.3 is 24.6 Å². The van der Waals surface area contributed by atoms with E-state index in [4.69, 9.17) is 14.6 Å². The summed E-state index contributed by atoms with van der Waals surface area (Å²) in [5.41, 5.74) is 0.993. The molecule has 0 saturated carbocycles. The smallest absolute Gasteiger partial charge is 0.305 e. The van der Waals surface area contributed by atoms with E-state index in [1.165, 1.54) is 4.90 Å². The number of ether oxygens (including phenoxy) is 2. The van der Waals surface area contributed by atoms with Crippen LogP contribution in [0.15, 0.2) is 12.1 Å². The van der Waals surface area contributed by atoms with Gasteiger partial charge in [-0.05, 0) is 31.5 Å². The van der Waals surface area contributed by atoms with Crippen molar-refractivity contribution in [1.82, 2.24) is 0 Å². The Balaban J connectivity index is 2.48. The van der Waals surface area contributed by atoms with Crippen molar-refractivity contribution in [2.45, 2.75) is 33.0 Å². The number of fused-ring (bicyclic) bond motifs is 1. The van der Waals surface area contributed by atoms with Gasteiger partial charge in [0.05, 0.1) is 25.3 Å². The monoisotopic (exact) mass is 309 g/mol. The van der Waals surface area contributed by atoms with Gasteiger partial charge in [-0.1, -0.05) is 0 Å². The normalized spacial score (nSPS) is 17.0. The summed E-state index contributed by atoms with van der Waals surface area (Å²) in [5.74, 6) is -0.469. The van der Waals surface area contributed by atoms with Crippen molar-refractivity contribution < 1.29 is 29.3 Å². The molecule has 0 aliphatic carbocycles. The lowest BCUT2D eigenvalue weighted by molar-refractivity contribution is -0.136. The SMILES string of the molecule is CCOc1cc(CO)cc2c1OC(C)C(=O)N2CCC(=O)O. The number of carbonyl (C=O) groups is 2. The number of hydrogen-bond acceptors (Lipinski definition) is 5. The van der Waals surface area contributed by atoms with Crippen LogP contribution in [0.4, 0.5) is 5.69 Å². The van der Waals surface area contributed by atoms with Crippen LogP contribution in [0.5, 0.6) is 11.5 Å². The molecule has 0 bridgehead atoms. The standard InChI is InChI=1S/C15H19NO6/c1-3-21-12-7-10(8-17)6-11-14(12)22-9(2)15(20)16(11)5-4-13(18)19/h6-7,9,17H,3-5,8H2,1-2H3,(H,18,19). The Morgan fingerprint density at radius 1 is 1.45 bits per heavy atom. The number of aliphatic hydroxyl groups excluding tert-OH is 1. The summed E-state index contributed by atoms with van der Waals surface area (Å²) in [5, 5.41) is 18.2. The molecule has 7 nitrogen and oxygen atoms in total. The number of carboxylic acid groups (broad SMARTS) is 1. The summed E-state index contributed by atoms with van der Waals surface area (Å²) < 4.78 is 11.1. The highest BCUT2D eigenvalue weighted by Crippen LogP contribution is 2.43. The van der Waals surface area contributed by atoms with Crippen molar-refractivity contribution in [2.75, 3.05) is 18.1 Å². The van der Waals surface area contributed by atoms with Crippen molar-refractivity contribution in [2.24, 2.45) is 0 Å². The van der Waals surface area contributed by atoms with Crippen LogP contribution < -0.4 is 14.4 Å². The molecule has 1 amide bonds. The Hall–Kier alpha value is -2.28. The molecule has 1 aromatic rings. The maximum absolute atomic E-state index is 12.3. The number of carboxylic acids is 1. The predicted octanol–water partition coefficient (Wildman–Crippen LogP) is 1.17. The summed E-state index contributed by atoms with van der Waals surface area (Å²) in [6.45, 7) is 3.65. The number of nitrogens with zero attached hydrogens (tertiary/aromatic N) is 1. The lowest BCUT2D eigenvalue weighted by Crippen LogP contribution is -2.45. The molecule has 1 unspecified atom stereocenters. The summed E-state index contributed by atoms with van der Waals surface area (Å²) in [6.07, 6.45) is -0.897. The summed E-state index contributed by atoms with van der Waals surface area (Å²) in [4.78, 5) is 24.4. The van der Waals surface area contributed by atoms with Crippen molar-refractivity contribution in [3.8, 4) is 11.5 Å². The molecule has 7 heteroatoms. The van der Waals surface area contributed by atoms with Gasteiger partial charge in [0.1, 0.15) is 0 Å². The first kappa shape index (κ1) is 16.1. The van der Waals surface area contributed by atoms with Crippen molar-refractivity contribution in [3.05, 3.63) is 17.7 Å². The Morgan fingerprint density at radius 3 is 2.77 bits per heavy atom. The van der Waals surface area contributed by atoms with E-state index in [0.717, 1.165) is 0 Å². The van der Waals surface area contributed by atoms with E-state index in [1.807, 2.05) is 6.92 Å². The average molecular weight is 309 g/mol. The van der Waals surface area contributed by atoms with Crippen LogP contribution >= 0.6 is 0 Å². The van der Waals surface area contributed by atoms with E-state index < -0.39 is 12.1 Å². The van der Waals surface area contributed by atoms with E-state index in [9.17, 15) is 14.7 Å². The van der Waals surface area contributed by atoms with Gasteiger partial charge >= 0.3 is 5.97 Å². The van der Waals surface area contributed by atoms with Gasteiger partial charge in [-0.3, -0.25) is 9.59 Å². The number of carbonyl (C=O) groups excluding carboxylic acids is 1. The number of amides is 1. The van der Waals surface area contributed by atoms with Gasteiger partial charge in [0.2, 0.25) is 0 Å². The molecule has 0 radical (unpaired) electrons.